The molecular weight excluding hydrogens is 351 g/mol. The fourth-order valence-electron chi connectivity index (χ4n) is 2.03. The van der Waals surface area contributed by atoms with E-state index >= 15 is 0 Å². The molecule has 0 radical (unpaired) electrons. The van der Waals surface area contributed by atoms with Crippen molar-refractivity contribution in [1.29, 1.82) is 0 Å². The van der Waals surface area contributed by atoms with E-state index in [2.05, 4.69) is 25.7 Å². The maximum atomic E-state index is 10.3. The number of nitrogens with zero attached hydrogens (tertiary/aromatic N) is 4. The molecule has 0 saturated carbocycles. The van der Waals surface area contributed by atoms with Crippen molar-refractivity contribution in [2.75, 3.05) is 13.1 Å². The monoisotopic (exact) mass is 370 g/mol. The van der Waals surface area contributed by atoms with Crippen molar-refractivity contribution in [3.8, 4) is 0 Å². The number of aliphatic imine (C=N–C) groups is 1. The van der Waals surface area contributed by atoms with Gasteiger partial charge in [-0.05, 0) is 30.7 Å². The zero-order valence-corrected chi connectivity index (χ0v) is 15.0. The lowest BCUT2D eigenvalue weighted by molar-refractivity contribution is 0.181. The summed E-state index contributed by atoms with van der Waals surface area (Å²) in [6, 6.07) is 4.99. The van der Waals surface area contributed by atoms with Gasteiger partial charge in [0.05, 0.1) is 6.10 Å². The molecule has 130 valence electrons. The Kier molecular flexibility index (Phi) is 6.84. The van der Waals surface area contributed by atoms with Crippen LogP contribution in [0.2, 0.25) is 10.0 Å². The van der Waals surface area contributed by atoms with Crippen LogP contribution in [0.5, 0.6) is 0 Å². The molecule has 3 N–H and O–H groups in total. The highest BCUT2D eigenvalue weighted by Crippen LogP contribution is 2.23. The average molecular weight is 371 g/mol. The smallest absolute Gasteiger partial charge is 0.191 e. The Hall–Kier alpha value is -1.83. The van der Waals surface area contributed by atoms with E-state index in [1.165, 1.54) is 6.33 Å². The van der Waals surface area contributed by atoms with E-state index in [0.717, 1.165) is 5.82 Å². The summed E-state index contributed by atoms with van der Waals surface area (Å²) in [5.74, 6) is 1.32. The van der Waals surface area contributed by atoms with Gasteiger partial charge in [0.2, 0.25) is 0 Å². The topological polar surface area (TPSA) is 87.4 Å². The van der Waals surface area contributed by atoms with Crippen LogP contribution in [-0.2, 0) is 13.6 Å². The highest BCUT2D eigenvalue weighted by Gasteiger charge is 2.10. The van der Waals surface area contributed by atoms with Crippen LogP contribution in [0.4, 0.5) is 0 Å². The molecule has 0 fully saturated rings. The van der Waals surface area contributed by atoms with Crippen molar-refractivity contribution in [3.05, 3.63) is 46.0 Å². The van der Waals surface area contributed by atoms with Gasteiger partial charge in [-0.2, -0.15) is 5.10 Å². The number of benzene rings is 1. The number of aliphatic hydroxyl groups excluding tert-OH is 1. The lowest BCUT2D eigenvalue weighted by Crippen LogP contribution is -2.39. The van der Waals surface area contributed by atoms with Crippen LogP contribution < -0.4 is 10.6 Å². The number of nitrogens with one attached hydrogen (secondary N) is 2. The zero-order valence-electron chi connectivity index (χ0n) is 13.5. The minimum Gasteiger partial charge on any atom is -0.387 e. The van der Waals surface area contributed by atoms with Crippen molar-refractivity contribution in [1.82, 2.24) is 25.4 Å². The van der Waals surface area contributed by atoms with Crippen molar-refractivity contribution in [2.24, 2.45) is 12.0 Å². The third kappa shape index (κ3) is 5.36. The van der Waals surface area contributed by atoms with Gasteiger partial charge in [0.25, 0.3) is 0 Å². The number of halogens is 2. The van der Waals surface area contributed by atoms with Gasteiger partial charge in [-0.25, -0.2) is 9.98 Å². The van der Waals surface area contributed by atoms with Gasteiger partial charge in [0, 0.05) is 30.2 Å². The van der Waals surface area contributed by atoms with E-state index in [0.29, 0.717) is 34.7 Å². The fourth-order valence-corrected chi connectivity index (χ4v) is 2.58. The number of aliphatic hydroxyl groups is 1. The van der Waals surface area contributed by atoms with Gasteiger partial charge >= 0.3 is 0 Å². The van der Waals surface area contributed by atoms with Crippen molar-refractivity contribution in [3.63, 3.8) is 0 Å². The largest absolute Gasteiger partial charge is 0.387 e. The van der Waals surface area contributed by atoms with Gasteiger partial charge in [0.15, 0.2) is 5.96 Å². The summed E-state index contributed by atoms with van der Waals surface area (Å²) in [6.07, 6.45) is 0.720. The quantitative estimate of drug-likeness (QED) is 0.533. The Bertz CT molecular complexity index is 683. The molecular formula is C15H20Cl2N6O. The number of hydrogen-bond acceptors (Lipinski definition) is 4. The molecule has 1 unspecified atom stereocenters. The third-order valence-corrected chi connectivity index (χ3v) is 3.70. The van der Waals surface area contributed by atoms with Gasteiger partial charge in [-0.3, -0.25) is 4.68 Å². The highest BCUT2D eigenvalue weighted by molar-refractivity contribution is 6.34. The van der Waals surface area contributed by atoms with Crippen LogP contribution in [0.1, 0.15) is 24.4 Å². The van der Waals surface area contributed by atoms with Crippen LogP contribution in [0.15, 0.2) is 29.5 Å². The first kappa shape index (κ1) is 18.5. The number of guanidine groups is 1. The summed E-state index contributed by atoms with van der Waals surface area (Å²) in [6.45, 7) is 3.31. The molecule has 7 nitrogen and oxygen atoms in total. The molecule has 1 heterocycles. The second-order valence-corrected chi connectivity index (χ2v) is 5.97. The fraction of sp³-hybridized carbons (Fsp3) is 0.400. The lowest BCUT2D eigenvalue weighted by Gasteiger charge is -2.16. The Balaban J connectivity index is 1.98. The minimum absolute atomic E-state index is 0.265. The average Bonchev–Trinajstić information content (AvgIpc) is 2.94. The van der Waals surface area contributed by atoms with Crippen LogP contribution >= 0.6 is 23.2 Å². The number of aryl methyl sites for hydroxylation is 1. The molecule has 0 bridgehead atoms. The highest BCUT2D eigenvalue weighted by atomic mass is 35.5. The second kappa shape index (κ2) is 8.86. The molecule has 9 heteroatoms. The van der Waals surface area contributed by atoms with E-state index in [1.807, 2.05) is 14.0 Å². The standard InChI is InChI=1S/C15H20Cl2N6O/c1-3-18-15(20-8-14-21-9-22-23(14)2)19-7-13(24)10-4-11(16)6-12(17)5-10/h4-6,9,13,24H,3,7-8H2,1-2H3,(H2,18,19,20). The molecule has 0 spiro atoms. The summed E-state index contributed by atoms with van der Waals surface area (Å²) in [4.78, 5) is 8.55. The van der Waals surface area contributed by atoms with E-state index in [9.17, 15) is 5.11 Å². The summed E-state index contributed by atoms with van der Waals surface area (Å²) in [7, 11) is 1.81. The van der Waals surface area contributed by atoms with Crippen LogP contribution in [0.3, 0.4) is 0 Å². The lowest BCUT2D eigenvalue weighted by atomic mass is 10.1. The Morgan fingerprint density at radius 2 is 2.00 bits per heavy atom. The first-order chi connectivity index (χ1) is 11.5. The van der Waals surface area contributed by atoms with Crippen LogP contribution in [0, 0.1) is 0 Å². The Morgan fingerprint density at radius 3 is 2.58 bits per heavy atom. The van der Waals surface area contributed by atoms with E-state index in [1.54, 1.807) is 22.9 Å². The molecule has 0 aliphatic rings. The Labute approximate surface area is 150 Å². The molecule has 24 heavy (non-hydrogen) atoms. The number of rotatable bonds is 6. The van der Waals surface area contributed by atoms with E-state index in [-0.39, 0.29) is 6.54 Å². The predicted octanol–water partition coefficient (Wildman–Crippen LogP) is 1.91. The maximum Gasteiger partial charge on any atom is 0.191 e. The van der Waals surface area contributed by atoms with Crippen LogP contribution in [0.25, 0.3) is 0 Å². The zero-order chi connectivity index (χ0) is 17.5. The molecule has 2 rings (SSSR count). The predicted molar refractivity (Wildman–Crippen MR) is 95.2 cm³/mol. The van der Waals surface area contributed by atoms with Crippen molar-refractivity contribution < 1.29 is 5.11 Å². The van der Waals surface area contributed by atoms with Gasteiger partial charge < -0.3 is 15.7 Å². The molecule has 0 amide bonds. The van der Waals surface area contributed by atoms with Crippen molar-refractivity contribution >= 4 is 29.2 Å². The third-order valence-electron chi connectivity index (χ3n) is 3.26. The molecule has 0 aliphatic carbocycles. The van der Waals surface area contributed by atoms with Gasteiger partial charge in [0.1, 0.15) is 18.7 Å². The first-order valence-electron chi connectivity index (χ1n) is 7.48. The summed E-state index contributed by atoms with van der Waals surface area (Å²) < 4.78 is 1.66. The molecule has 0 aliphatic heterocycles. The molecule has 0 saturated heterocycles. The molecule has 1 atom stereocenters. The molecule has 1 aromatic carbocycles. The second-order valence-electron chi connectivity index (χ2n) is 5.09. The summed E-state index contributed by atoms with van der Waals surface area (Å²) >= 11 is 11.9. The number of hydrogen-bond donors (Lipinski definition) is 3. The number of aromatic nitrogens is 3. The SMILES string of the molecule is CCNC(=NCc1ncnn1C)NCC(O)c1cc(Cl)cc(Cl)c1. The van der Waals surface area contributed by atoms with E-state index in [4.69, 9.17) is 23.2 Å². The summed E-state index contributed by atoms with van der Waals surface area (Å²) in [5, 5.41) is 21.5. The van der Waals surface area contributed by atoms with Gasteiger partial charge in [-0.1, -0.05) is 23.2 Å². The first-order valence-corrected chi connectivity index (χ1v) is 8.24. The van der Waals surface area contributed by atoms with E-state index < -0.39 is 6.10 Å². The summed E-state index contributed by atoms with van der Waals surface area (Å²) in [5.41, 5.74) is 0.643. The molecule has 1 aromatic heterocycles. The molecule has 2 aromatic rings. The minimum atomic E-state index is -0.764. The van der Waals surface area contributed by atoms with Gasteiger partial charge in [-0.15, -0.1) is 0 Å². The van der Waals surface area contributed by atoms with Crippen molar-refractivity contribution in [2.45, 2.75) is 19.6 Å². The Morgan fingerprint density at radius 1 is 1.29 bits per heavy atom. The van der Waals surface area contributed by atoms with Crippen LogP contribution in [-0.4, -0.2) is 38.9 Å². The normalized spacial score (nSPS) is 13.0. The maximum absolute atomic E-state index is 10.3.